The highest BCUT2D eigenvalue weighted by Gasteiger charge is 2.01. The number of aryl methyl sites for hydroxylation is 1. The van der Waals surface area contributed by atoms with Crippen LogP contribution in [0.15, 0.2) is 24.5 Å². The van der Waals surface area contributed by atoms with Crippen LogP contribution < -0.4 is 4.57 Å². The predicted octanol–water partition coefficient (Wildman–Crippen LogP) is 4.38. The van der Waals surface area contributed by atoms with Gasteiger partial charge in [-0.1, -0.05) is 51.9 Å². The largest absolute Gasteiger partial charge is 0.204 e. The van der Waals surface area contributed by atoms with Gasteiger partial charge in [0, 0.05) is 12.5 Å². The summed E-state index contributed by atoms with van der Waals surface area (Å²) in [4.78, 5) is 0. The van der Waals surface area contributed by atoms with Crippen molar-refractivity contribution in [3.8, 4) is 6.07 Å². The van der Waals surface area contributed by atoms with Crippen molar-refractivity contribution in [2.75, 3.05) is 0 Å². The summed E-state index contributed by atoms with van der Waals surface area (Å²) in [6.07, 6.45) is 16.2. The molecule has 0 saturated heterocycles. The molecule has 0 aliphatic carbocycles. The van der Waals surface area contributed by atoms with Crippen LogP contribution in [0.2, 0.25) is 0 Å². The molecule has 0 fully saturated rings. The summed E-state index contributed by atoms with van der Waals surface area (Å²) in [6.45, 7) is 3.30. The zero-order valence-corrected chi connectivity index (χ0v) is 12.3. The summed E-state index contributed by atoms with van der Waals surface area (Å²) in [5, 5.41) is 8.83. The van der Waals surface area contributed by atoms with Crippen LogP contribution in [-0.4, -0.2) is 0 Å². The summed E-state index contributed by atoms with van der Waals surface area (Å²) in [7, 11) is 0. The molecule has 0 bridgehead atoms. The Labute approximate surface area is 118 Å². The van der Waals surface area contributed by atoms with E-state index in [1.54, 1.807) is 0 Å². The topological polar surface area (TPSA) is 27.7 Å². The Balaban J connectivity index is 2.00. The first-order valence-electron chi connectivity index (χ1n) is 7.76. The number of pyridine rings is 1. The molecule has 0 N–H and O–H groups in total. The van der Waals surface area contributed by atoms with E-state index in [9.17, 15) is 0 Å². The average Bonchev–Trinajstić information content (AvgIpc) is 2.46. The van der Waals surface area contributed by atoms with E-state index >= 15 is 0 Å². The molecule has 19 heavy (non-hydrogen) atoms. The summed E-state index contributed by atoms with van der Waals surface area (Å²) >= 11 is 0. The third kappa shape index (κ3) is 7.62. The Bertz CT molecular complexity index is 379. The van der Waals surface area contributed by atoms with Gasteiger partial charge in [0.1, 0.15) is 18.2 Å². The maximum absolute atomic E-state index is 8.83. The van der Waals surface area contributed by atoms with Crippen LogP contribution in [-0.2, 0) is 6.54 Å². The lowest BCUT2D eigenvalue weighted by Crippen LogP contribution is -2.32. The Morgan fingerprint density at radius 1 is 1.00 bits per heavy atom. The Morgan fingerprint density at radius 2 is 1.63 bits per heavy atom. The normalized spacial score (nSPS) is 10.3. The van der Waals surface area contributed by atoms with E-state index in [1.165, 1.54) is 57.8 Å². The minimum absolute atomic E-state index is 0.749. The van der Waals surface area contributed by atoms with Crippen molar-refractivity contribution in [1.82, 2.24) is 0 Å². The first kappa shape index (κ1) is 15.7. The highest BCUT2D eigenvalue weighted by atomic mass is 14.9. The van der Waals surface area contributed by atoms with E-state index in [0.29, 0.717) is 0 Å². The second kappa shape index (κ2) is 10.6. The molecule has 0 aromatic carbocycles. The fourth-order valence-electron chi connectivity index (χ4n) is 2.33. The number of unbranched alkanes of at least 4 members (excludes halogenated alkanes) is 8. The van der Waals surface area contributed by atoms with Crippen LogP contribution in [0.3, 0.4) is 0 Å². The lowest BCUT2D eigenvalue weighted by molar-refractivity contribution is -0.697. The van der Waals surface area contributed by atoms with Gasteiger partial charge in [-0.25, -0.2) is 4.57 Å². The number of hydrogen-bond acceptors (Lipinski definition) is 1. The minimum atomic E-state index is 0.749. The molecule has 2 heteroatoms. The molecule has 0 amide bonds. The van der Waals surface area contributed by atoms with Crippen molar-refractivity contribution in [3.05, 3.63) is 30.1 Å². The van der Waals surface area contributed by atoms with Crippen LogP contribution in [0.25, 0.3) is 0 Å². The zero-order chi connectivity index (χ0) is 13.8. The molecule has 0 aliphatic rings. The number of nitriles is 1. The maximum Gasteiger partial charge on any atom is 0.186 e. The Morgan fingerprint density at radius 3 is 2.26 bits per heavy atom. The van der Waals surface area contributed by atoms with Gasteiger partial charge < -0.3 is 0 Å². The van der Waals surface area contributed by atoms with Gasteiger partial charge in [-0.15, -0.1) is 0 Å². The van der Waals surface area contributed by atoms with Gasteiger partial charge in [0.05, 0.1) is 0 Å². The summed E-state index contributed by atoms with van der Waals surface area (Å²) in [5.74, 6) is 0. The van der Waals surface area contributed by atoms with Crippen LogP contribution in [0, 0.1) is 11.3 Å². The zero-order valence-electron chi connectivity index (χ0n) is 12.3. The van der Waals surface area contributed by atoms with Crippen LogP contribution in [0.5, 0.6) is 0 Å². The van der Waals surface area contributed by atoms with Gasteiger partial charge in [-0.05, 0) is 12.5 Å². The highest BCUT2D eigenvalue weighted by Crippen LogP contribution is 2.09. The van der Waals surface area contributed by atoms with Crippen molar-refractivity contribution < 1.29 is 4.57 Å². The lowest BCUT2D eigenvalue weighted by atomic mass is 10.1. The van der Waals surface area contributed by atoms with Crippen LogP contribution in [0.1, 0.15) is 70.3 Å². The third-order valence-corrected chi connectivity index (χ3v) is 3.51. The van der Waals surface area contributed by atoms with E-state index in [0.717, 1.165) is 12.1 Å². The van der Waals surface area contributed by atoms with Crippen molar-refractivity contribution in [3.63, 3.8) is 0 Å². The molecule has 104 valence electrons. The molecule has 0 aliphatic heterocycles. The van der Waals surface area contributed by atoms with Gasteiger partial charge in [-0.2, -0.15) is 5.26 Å². The number of hydrogen-bond donors (Lipinski definition) is 0. The second-order valence-corrected chi connectivity index (χ2v) is 5.27. The molecule has 1 rings (SSSR count). The summed E-state index contributed by atoms with van der Waals surface area (Å²) in [5.41, 5.74) is 0.749. The van der Waals surface area contributed by atoms with E-state index in [2.05, 4.69) is 17.6 Å². The fraction of sp³-hybridized carbons (Fsp3) is 0.647. The van der Waals surface area contributed by atoms with Gasteiger partial charge in [0.25, 0.3) is 0 Å². The molecule has 0 saturated carbocycles. The molecule has 0 radical (unpaired) electrons. The Kier molecular flexibility index (Phi) is 8.72. The quantitative estimate of drug-likeness (QED) is 0.452. The summed E-state index contributed by atoms with van der Waals surface area (Å²) < 4.78 is 2.12. The van der Waals surface area contributed by atoms with Gasteiger partial charge in [0.15, 0.2) is 12.4 Å². The predicted molar refractivity (Wildman–Crippen MR) is 78.6 cm³/mol. The van der Waals surface area contributed by atoms with Crippen molar-refractivity contribution in [2.45, 2.75) is 71.3 Å². The lowest BCUT2D eigenvalue weighted by Gasteiger charge is -2.01. The monoisotopic (exact) mass is 259 g/mol. The molecule has 0 atom stereocenters. The van der Waals surface area contributed by atoms with Gasteiger partial charge in [-0.3, -0.25) is 0 Å². The maximum atomic E-state index is 8.83. The molecular weight excluding hydrogens is 232 g/mol. The first-order chi connectivity index (χ1) is 9.36. The van der Waals surface area contributed by atoms with E-state index in [1.807, 2.05) is 24.5 Å². The average molecular weight is 259 g/mol. The molecule has 1 heterocycles. The summed E-state index contributed by atoms with van der Waals surface area (Å²) in [6, 6.07) is 5.99. The van der Waals surface area contributed by atoms with E-state index < -0.39 is 0 Å². The molecule has 1 aromatic rings. The first-order valence-corrected chi connectivity index (χ1v) is 7.76. The van der Waals surface area contributed by atoms with Gasteiger partial charge in [0.2, 0.25) is 0 Å². The fourth-order valence-corrected chi connectivity index (χ4v) is 2.33. The molecule has 0 spiro atoms. The minimum Gasteiger partial charge on any atom is -0.204 e. The van der Waals surface area contributed by atoms with E-state index in [4.69, 9.17) is 5.26 Å². The van der Waals surface area contributed by atoms with Crippen LogP contribution >= 0.6 is 0 Å². The molecule has 1 aromatic heterocycles. The number of rotatable bonds is 10. The van der Waals surface area contributed by atoms with E-state index in [-0.39, 0.29) is 0 Å². The van der Waals surface area contributed by atoms with Crippen molar-refractivity contribution >= 4 is 0 Å². The third-order valence-electron chi connectivity index (χ3n) is 3.51. The standard InChI is InChI=1S/C17H27N2/c1-2-3-4-5-6-7-8-9-10-13-19-14-11-12-17(15-18)16-19/h11-12,14,16H,2-10,13H2,1H3/q+1. The molecule has 0 unspecified atom stereocenters. The highest BCUT2D eigenvalue weighted by molar-refractivity contribution is 5.21. The second-order valence-electron chi connectivity index (χ2n) is 5.27. The van der Waals surface area contributed by atoms with Gasteiger partial charge >= 0.3 is 0 Å². The van der Waals surface area contributed by atoms with Crippen LogP contribution in [0.4, 0.5) is 0 Å². The Hall–Kier alpha value is -1.36. The molecule has 2 nitrogen and oxygen atoms in total. The SMILES string of the molecule is CCCCCCCCCCC[n+]1cccc(C#N)c1. The van der Waals surface area contributed by atoms with Crippen molar-refractivity contribution in [2.24, 2.45) is 0 Å². The number of nitrogens with zero attached hydrogens (tertiary/aromatic N) is 2. The smallest absolute Gasteiger partial charge is 0.186 e. The number of aromatic nitrogens is 1. The van der Waals surface area contributed by atoms with Crippen molar-refractivity contribution in [1.29, 1.82) is 5.26 Å². The molecular formula is C17H27N2+.